The Hall–Kier alpha value is 0.220. The molecule has 2 fully saturated rings. The molecule has 0 amide bonds. The van der Waals surface area contributed by atoms with Crippen molar-refractivity contribution < 1.29 is 13.5 Å². The van der Waals surface area contributed by atoms with Crippen LogP contribution in [0.2, 0.25) is 0 Å². The number of aliphatic hydroxyl groups is 1. The van der Waals surface area contributed by atoms with E-state index in [4.69, 9.17) is 0 Å². The second-order valence-electron chi connectivity index (χ2n) is 6.76. The van der Waals surface area contributed by atoms with E-state index in [-0.39, 0.29) is 23.1 Å². The van der Waals surface area contributed by atoms with Gasteiger partial charge in [0.1, 0.15) is 5.37 Å². The fraction of sp³-hybridized carbons (Fsp3) is 1.00. The van der Waals surface area contributed by atoms with Gasteiger partial charge in [0.15, 0.2) is 9.84 Å². The van der Waals surface area contributed by atoms with Crippen LogP contribution < -0.4 is 0 Å². The molecule has 1 saturated carbocycles. The maximum absolute atomic E-state index is 12.3. The Morgan fingerprint density at radius 1 is 1.29 bits per heavy atom. The Kier molecular flexibility index (Phi) is 6.02. The molecule has 0 spiro atoms. The minimum Gasteiger partial charge on any atom is -0.393 e. The third kappa shape index (κ3) is 4.15. The first-order chi connectivity index (χ1) is 9.85. The molecular formula is C15H29NO3S2. The molecule has 5 atom stereocenters. The van der Waals surface area contributed by atoms with Crippen LogP contribution >= 0.6 is 11.8 Å². The lowest BCUT2D eigenvalue weighted by atomic mass is 9.73. The molecule has 1 aliphatic carbocycles. The van der Waals surface area contributed by atoms with E-state index in [1.165, 1.54) is 0 Å². The van der Waals surface area contributed by atoms with E-state index in [9.17, 15) is 13.5 Å². The first-order valence-corrected chi connectivity index (χ1v) is 10.9. The molecule has 1 N–H and O–H groups in total. The van der Waals surface area contributed by atoms with E-state index in [0.29, 0.717) is 17.6 Å². The summed E-state index contributed by atoms with van der Waals surface area (Å²) in [5.74, 6) is 3.10. The normalized spacial score (nSPS) is 39.3. The highest BCUT2D eigenvalue weighted by Gasteiger charge is 2.38. The van der Waals surface area contributed by atoms with Crippen molar-refractivity contribution in [2.45, 2.75) is 45.1 Å². The van der Waals surface area contributed by atoms with Crippen LogP contribution in [0.4, 0.5) is 0 Å². The van der Waals surface area contributed by atoms with Crippen molar-refractivity contribution in [2.24, 2.45) is 17.8 Å². The summed E-state index contributed by atoms with van der Waals surface area (Å²) in [6.07, 6.45) is 1.70. The van der Waals surface area contributed by atoms with Crippen molar-refractivity contribution >= 4 is 21.6 Å². The Morgan fingerprint density at radius 3 is 2.62 bits per heavy atom. The van der Waals surface area contributed by atoms with Crippen molar-refractivity contribution in [3.8, 4) is 0 Å². The monoisotopic (exact) mass is 335 g/mol. The smallest absolute Gasteiger partial charge is 0.166 e. The zero-order valence-corrected chi connectivity index (χ0v) is 15.0. The summed E-state index contributed by atoms with van der Waals surface area (Å²) in [4.78, 5) is 2.12. The molecular weight excluding hydrogens is 306 g/mol. The second-order valence-corrected chi connectivity index (χ2v) is 10.4. The van der Waals surface area contributed by atoms with E-state index in [0.717, 1.165) is 31.7 Å². The zero-order chi connectivity index (χ0) is 15.6. The van der Waals surface area contributed by atoms with Crippen LogP contribution in [0.3, 0.4) is 0 Å². The van der Waals surface area contributed by atoms with Crippen molar-refractivity contribution in [2.75, 3.05) is 30.3 Å². The SMILES string of the molecule is CCS(=O)(=O)C1CSCCN1CC1C(C)CC(C)CC1O. The van der Waals surface area contributed by atoms with Gasteiger partial charge in [-0.15, -0.1) is 0 Å². The van der Waals surface area contributed by atoms with Gasteiger partial charge in [-0.25, -0.2) is 8.42 Å². The molecule has 6 heteroatoms. The highest BCUT2D eigenvalue weighted by Crippen LogP contribution is 2.35. The molecule has 1 heterocycles. The Labute approximate surface area is 133 Å². The lowest BCUT2D eigenvalue weighted by molar-refractivity contribution is -0.00267. The topological polar surface area (TPSA) is 57.6 Å². The number of aliphatic hydroxyl groups excluding tert-OH is 1. The van der Waals surface area contributed by atoms with E-state index < -0.39 is 9.84 Å². The summed E-state index contributed by atoms with van der Waals surface area (Å²) in [6.45, 7) is 7.66. The molecule has 0 radical (unpaired) electrons. The average molecular weight is 336 g/mol. The van der Waals surface area contributed by atoms with Crippen molar-refractivity contribution in [3.05, 3.63) is 0 Å². The van der Waals surface area contributed by atoms with Gasteiger partial charge in [-0.1, -0.05) is 20.8 Å². The molecule has 2 aliphatic rings. The van der Waals surface area contributed by atoms with Gasteiger partial charge in [0.25, 0.3) is 0 Å². The predicted octanol–water partition coefficient (Wildman–Crippen LogP) is 1.84. The minimum atomic E-state index is -3.04. The summed E-state index contributed by atoms with van der Waals surface area (Å²) in [5.41, 5.74) is 0. The number of nitrogens with zero attached hydrogens (tertiary/aromatic N) is 1. The fourth-order valence-corrected chi connectivity index (χ4v) is 6.88. The number of rotatable bonds is 4. The molecule has 21 heavy (non-hydrogen) atoms. The first-order valence-electron chi connectivity index (χ1n) is 8.06. The van der Waals surface area contributed by atoms with Gasteiger partial charge in [-0.3, -0.25) is 4.90 Å². The molecule has 5 unspecified atom stereocenters. The summed E-state index contributed by atoms with van der Waals surface area (Å²) in [7, 11) is -3.04. The Bertz CT molecular complexity index is 428. The van der Waals surface area contributed by atoms with E-state index in [2.05, 4.69) is 18.7 Å². The van der Waals surface area contributed by atoms with Gasteiger partial charge in [0.2, 0.25) is 0 Å². The summed E-state index contributed by atoms with van der Waals surface area (Å²) in [5, 5.41) is 10.0. The number of hydrogen-bond acceptors (Lipinski definition) is 5. The predicted molar refractivity (Wildman–Crippen MR) is 89.2 cm³/mol. The van der Waals surface area contributed by atoms with Crippen LogP contribution in [0.25, 0.3) is 0 Å². The van der Waals surface area contributed by atoms with Crippen molar-refractivity contribution in [1.82, 2.24) is 4.90 Å². The van der Waals surface area contributed by atoms with Crippen LogP contribution in [0, 0.1) is 17.8 Å². The molecule has 1 saturated heterocycles. The van der Waals surface area contributed by atoms with Crippen LogP contribution in [0.15, 0.2) is 0 Å². The number of hydrogen-bond donors (Lipinski definition) is 1. The van der Waals surface area contributed by atoms with E-state index in [1.54, 1.807) is 18.7 Å². The number of sulfone groups is 1. The molecule has 4 nitrogen and oxygen atoms in total. The molecule has 124 valence electrons. The van der Waals surface area contributed by atoms with E-state index in [1.807, 2.05) is 0 Å². The average Bonchev–Trinajstić information content (AvgIpc) is 2.43. The lowest BCUT2D eigenvalue weighted by Crippen LogP contribution is -2.52. The van der Waals surface area contributed by atoms with Gasteiger partial charge in [-0.05, 0) is 24.7 Å². The van der Waals surface area contributed by atoms with E-state index >= 15 is 0 Å². The van der Waals surface area contributed by atoms with Crippen molar-refractivity contribution in [1.29, 1.82) is 0 Å². The zero-order valence-electron chi connectivity index (χ0n) is 13.4. The maximum Gasteiger partial charge on any atom is 0.166 e. The van der Waals surface area contributed by atoms with Gasteiger partial charge in [-0.2, -0.15) is 11.8 Å². The summed E-state index contributed by atoms with van der Waals surface area (Å²) >= 11 is 1.73. The quantitative estimate of drug-likeness (QED) is 0.849. The third-order valence-electron chi connectivity index (χ3n) is 5.10. The minimum absolute atomic E-state index is 0.203. The van der Waals surface area contributed by atoms with Gasteiger partial charge in [0.05, 0.1) is 6.10 Å². The summed E-state index contributed by atoms with van der Waals surface area (Å²) in [6, 6.07) is 0. The fourth-order valence-electron chi connectivity index (χ4n) is 3.79. The highest BCUT2D eigenvalue weighted by atomic mass is 32.2. The molecule has 1 aliphatic heterocycles. The number of thioether (sulfide) groups is 1. The van der Waals surface area contributed by atoms with Crippen LogP contribution in [-0.4, -0.2) is 60.3 Å². The highest BCUT2D eigenvalue weighted by molar-refractivity contribution is 8.01. The Morgan fingerprint density at radius 2 is 2.00 bits per heavy atom. The standard InChI is InChI=1S/C15H29NO3S2/c1-4-21(18,19)15-10-20-6-5-16(15)9-13-12(3)7-11(2)8-14(13)17/h11-15,17H,4-10H2,1-3H3. The van der Waals surface area contributed by atoms with Crippen LogP contribution in [0.1, 0.15) is 33.6 Å². The molecule has 0 bridgehead atoms. The van der Waals surface area contributed by atoms with Gasteiger partial charge in [0, 0.05) is 36.3 Å². The molecule has 0 aromatic carbocycles. The third-order valence-corrected chi connectivity index (χ3v) is 8.43. The molecule has 2 rings (SSSR count). The summed E-state index contributed by atoms with van der Waals surface area (Å²) < 4.78 is 24.6. The molecule has 0 aromatic heterocycles. The van der Waals surface area contributed by atoms with Crippen LogP contribution in [0.5, 0.6) is 0 Å². The first kappa shape index (κ1) is 17.6. The maximum atomic E-state index is 12.3. The molecule has 0 aromatic rings. The van der Waals surface area contributed by atoms with Crippen molar-refractivity contribution in [3.63, 3.8) is 0 Å². The lowest BCUT2D eigenvalue weighted by Gasteiger charge is -2.42. The van der Waals surface area contributed by atoms with Gasteiger partial charge >= 0.3 is 0 Å². The second kappa shape index (κ2) is 7.20. The van der Waals surface area contributed by atoms with Gasteiger partial charge < -0.3 is 5.11 Å². The Balaban J connectivity index is 2.08. The largest absolute Gasteiger partial charge is 0.393 e. The van der Waals surface area contributed by atoms with Crippen LogP contribution in [-0.2, 0) is 9.84 Å².